The van der Waals surface area contributed by atoms with E-state index in [4.69, 9.17) is 27.9 Å². The van der Waals surface area contributed by atoms with Crippen LogP contribution in [0.5, 0.6) is 5.75 Å². The normalized spacial score (nSPS) is 11.0. The smallest absolute Gasteiger partial charge is 0.406 e. The summed E-state index contributed by atoms with van der Waals surface area (Å²) in [5, 5.41) is 6.29. The number of aromatic nitrogens is 2. The van der Waals surface area contributed by atoms with Crippen molar-refractivity contribution in [3.05, 3.63) is 64.2 Å². The summed E-state index contributed by atoms with van der Waals surface area (Å²) in [5.74, 6) is -1.03. The molecule has 1 amide bonds. The van der Waals surface area contributed by atoms with Crippen LogP contribution in [0.25, 0.3) is 11.1 Å². The van der Waals surface area contributed by atoms with Gasteiger partial charge in [0, 0.05) is 17.6 Å². The maximum atomic E-state index is 13.9. The van der Waals surface area contributed by atoms with Gasteiger partial charge < -0.3 is 4.74 Å². The van der Waals surface area contributed by atoms with E-state index < -0.39 is 29.8 Å². The fourth-order valence-electron chi connectivity index (χ4n) is 2.50. The molecule has 0 atom stereocenters. The number of aryl methyl sites for hydroxylation is 1. The summed E-state index contributed by atoms with van der Waals surface area (Å²) in [6, 6.07) is 8.56. The van der Waals surface area contributed by atoms with Gasteiger partial charge in [0.15, 0.2) is 11.4 Å². The maximum Gasteiger partial charge on any atom is 0.417 e. The fraction of sp³-hybridized carbons (Fsp3) is 0.111. The van der Waals surface area contributed by atoms with E-state index >= 15 is 0 Å². The van der Waals surface area contributed by atoms with E-state index in [0.29, 0.717) is 10.6 Å². The molecule has 0 saturated heterocycles. The number of ether oxygens (including phenoxy) is 1. The van der Waals surface area contributed by atoms with Crippen LogP contribution in [0.2, 0.25) is 10.0 Å². The Morgan fingerprint density at radius 3 is 2.54 bits per heavy atom. The standard InChI is InChI=1S/C18H12Cl2F3N3O2/c1-26-8-14(16(25-26)17(22)23)28-18(27)24-15-12(6-11(21)7-13(15)20)9-2-4-10(19)5-3-9/h2-8,17H,1H3,(H,24,27). The summed E-state index contributed by atoms with van der Waals surface area (Å²) in [4.78, 5) is 12.3. The van der Waals surface area contributed by atoms with Crippen molar-refractivity contribution in [2.75, 3.05) is 5.32 Å². The first-order chi connectivity index (χ1) is 13.2. The third-order valence-electron chi connectivity index (χ3n) is 3.67. The Morgan fingerprint density at radius 1 is 1.21 bits per heavy atom. The lowest BCUT2D eigenvalue weighted by molar-refractivity contribution is 0.141. The first kappa shape index (κ1) is 20.0. The van der Waals surface area contributed by atoms with Crippen molar-refractivity contribution in [3.8, 4) is 16.9 Å². The van der Waals surface area contributed by atoms with Crippen molar-refractivity contribution >= 4 is 35.0 Å². The first-order valence-electron chi connectivity index (χ1n) is 7.80. The van der Waals surface area contributed by atoms with Crippen LogP contribution in [0.4, 0.5) is 23.7 Å². The molecule has 0 unspecified atom stereocenters. The number of carbonyl (C=O) groups excluding carboxylic acids is 1. The zero-order valence-corrected chi connectivity index (χ0v) is 15.7. The predicted molar refractivity (Wildman–Crippen MR) is 99.7 cm³/mol. The van der Waals surface area contributed by atoms with Crippen molar-refractivity contribution < 1.29 is 22.7 Å². The number of benzene rings is 2. The first-order valence-corrected chi connectivity index (χ1v) is 8.55. The number of hydrogen-bond acceptors (Lipinski definition) is 3. The van der Waals surface area contributed by atoms with Crippen LogP contribution >= 0.6 is 23.2 Å². The van der Waals surface area contributed by atoms with Crippen LogP contribution in [0.3, 0.4) is 0 Å². The number of carbonyl (C=O) groups is 1. The van der Waals surface area contributed by atoms with E-state index in [1.165, 1.54) is 13.1 Å². The average Bonchev–Trinajstić information content (AvgIpc) is 2.98. The van der Waals surface area contributed by atoms with Crippen molar-refractivity contribution in [3.63, 3.8) is 0 Å². The van der Waals surface area contributed by atoms with E-state index in [1.54, 1.807) is 24.3 Å². The Labute approximate surface area is 167 Å². The number of rotatable bonds is 4. The van der Waals surface area contributed by atoms with Gasteiger partial charge in [-0.3, -0.25) is 10.00 Å². The van der Waals surface area contributed by atoms with Crippen molar-refractivity contribution in [2.45, 2.75) is 6.43 Å². The third kappa shape index (κ3) is 4.40. The topological polar surface area (TPSA) is 56.1 Å². The SMILES string of the molecule is Cn1cc(OC(=O)Nc2c(Cl)cc(F)cc2-c2ccc(Cl)cc2)c(C(F)F)n1. The summed E-state index contributed by atoms with van der Waals surface area (Å²) >= 11 is 11.9. The molecule has 2 aromatic carbocycles. The highest BCUT2D eigenvalue weighted by Gasteiger charge is 2.22. The third-order valence-corrected chi connectivity index (χ3v) is 4.22. The van der Waals surface area contributed by atoms with Gasteiger partial charge >= 0.3 is 6.09 Å². The monoisotopic (exact) mass is 429 g/mol. The number of nitrogens with one attached hydrogen (secondary N) is 1. The van der Waals surface area contributed by atoms with Crippen LogP contribution in [0.1, 0.15) is 12.1 Å². The van der Waals surface area contributed by atoms with Gasteiger partial charge in [0.1, 0.15) is 5.82 Å². The Kier molecular flexibility index (Phi) is 5.81. The van der Waals surface area contributed by atoms with Crippen molar-refractivity contribution in [1.82, 2.24) is 9.78 Å². The Morgan fingerprint density at radius 2 is 1.89 bits per heavy atom. The highest BCUT2D eigenvalue weighted by Crippen LogP contribution is 2.36. The summed E-state index contributed by atoms with van der Waals surface area (Å²) < 4.78 is 45.9. The molecule has 0 aliphatic rings. The molecule has 10 heteroatoms. The number of halogens is 5. The molecule has 146 valence electrons. The minimum Gasteiger partial charge on any atom is -0.406 e. The second-order valence-corrected chi connectivity index (χ2v) is 6.53. The summed E-state index contributed by atoms with van der Waals surface area (Å²) in [6.45, 7) is 0. The lowest BCUT2D eigenvalue weighted by Crippen LogP contribution is -2.18. The van der Waals surface area contributed by atoms with Gasteiger partial charge in [0.25, 0.3) is 6.43 Å². The van der Waals surface area contributed by atoms with E-state index in [9.17, 15) is 18.0 Å². The van der Waals surface area contributed by atoms with E-state index in [1.807, 2.05) is 0 Å². The Hall–Kier alpha value is -2.71. The molecule has 0 saturated carbocycles. The highest BCUT2D eigenvalue weighted by molar-refractivity contribution is 6.34. The number of amides is 1. The molecule has 0 fully saturated rings. The molecule has 28 heavy (non-hydrogen) atoms. The molecule has 3 aromatic rings. The molecule has 0 aliphatic carbocycles. The summed E-state index contributed by atoms with van der Waals surface area (Å²) in [7, 11) is 1.41. The molecule has 1 aromatic heterocycles. The van der Waals surface area contributed by atoms with E-state index in [2.05, 4.69) is 10.4 Å². The number of nitrogens with zero attached hydrogens (tertiary/aromatic N) is 2. The second-order valence-electron chi connectivity index (χ2n) is 5.68. The minimum absolute atomic E-state index is 0.0536. The molecule has 0 aliphatic heterocycles. The van der Waals surface area contributed by atoms with Gasteiger partial charge in [-0.2, -0.15) is 5.10 Å². The van der Waals surface area contributed by atoms with Gasteiger partial charge in [-0.05, 0) is 29.8 Å². The zero-order valence-electron chi connectivity index (χ0n) is 14.2. The average molecular weight is 430 g/mol. The second kappa shape index (κ2) is 8.12. The number of hydrogen-bond donors (Lipinski definition) is 1. The van der Waals surface area contributed by atoms with Crippen LogP contribution in [0.15, 0.2) is 42.6 Å². The fourth-order valence-corrected chi connectivity index (χ4v) is 2.88. The Balaban J connectivity index is 1.92. The zero-order chi connectivity index (χ0) is 20.4. The largest absolute Gasteiger partial charge is 0.417 e. The van der Waals surface area contributed by atoms with E-state index in [-0.39, 0.29) is 16.3 Å². The molecule has 0 bridgehead atoms. The molecule has 0 spiro atoms. The molecule has 5 nitrogen and oxygen atoms in total. The van der Waals surface area contributed by atoms with Crippen LogP contribution in [-0.2, 0) is 7.05 Å². The van der Waals surface area contributed by atoms with Gasteiger partial charge in [-0.1, -0.05) is 35.3 Å². The van der Waals surface area contributed by atoms with Gasteiger partial charge in [-0.15, -0.1) is 0 Å². The van der Waals surface area contributed by atoms with Crippen LogP contribution in [-0.4, -0.2) is 15.9 Å². The van der Waals surface area contributed by atoms with E-state index in [0.717, 1.165) is 16.9 Å². The van der Waals surface area contributed by atoms with Gasteiger partial charge in [0.2, 0.25) is 0 Å². The predicted octanol–water partition coefficient (Wildman–Crippen LogP) is 6.08. The lowest BCUT2D eigenvalue weighted by atomic mass is 10.0. The molecule has 1 N–H and O–H groups in total. The molecule has 0 radical (unpaired) electrons. The molecular weight excluding hydrogens is 418 g/mol. The van der Waals surface area contributed by atoms with Crippen LogP contribution in [0, 0.1) is 5.82 Å². The number of alkyl halides is 2. The van der Waals surface area contributed by atoms with Crippen molar-refractivity contribution in [1.29, 1.82) is 0 Å². The van der Waals surface area contributed by atoms with Crippen molar-refractivity contribution in [2.24, 2.45) is 7.05 Å². The molecular formula is C18H12Cl2F3N3O2. The summed E-state index contributed by atoms with van der Waals surface area (Å²) in [6.07, 6.45) is -2.88. The van der Waals surface area contributed by atoms with Crippen LogP contribution < -0.4 is 10.1 Å². The van der Waals surface area contributed by atoms with Gasteiger partial charge in [-0.25, -0.2) is 18.0 Å². The minimum atomic E-state index is -2.93. The Bertz CT molecular complexity index is 1020. The summed E-state index contributed by atoms with van der Waals surface area (Å²) in [5.41, 5.74) is 0.160. The molecule has 3 rings (SSSR count). The van der Waals surface area contributed by atoms with Gasteiger partial charge in [0.05, 0.1) is 16.9 Å². The highest BCUT2D eigenvalue weighted by atomic mass is 35.5. The maximum absolute atomic E-state index is 13.9. The quantitative estimate of drug-likeness (QED) is 0.546. The molecule has 1 heterocycles. The number of anilines is 1. The lowest BCUT2D eigenvalue weighted by Gasteiger charge is -2.14.